The molecule has 0 aliphatic carbocycles. The van der Waals surface area contributed by atoms with E-state index in [2.05, 4.69) is 52.9 Å². The van der Waals surface area contributed by atoms with Crippen LogP contribution in [0.25, 0.3) is 0 Å². The maximum atomic E-state index is 9.41. The number of aryl methyl sites for hydroxylation is 1. The minimum Gasteiger partial charge on any atom is -0.396 e. The number of hydrogen-bond acceptors (Lipinski definition) is 3. The van der Waals surface area contributed by atoms with Crippen LogP contribution in [0.4, 0.5) is 0 Å². The summed E-state index contributed by atoms with van der Waals surface area (Å²) >= 11 is 0. The molecule has 20 heavy (non-hydrogen) atoms. The van der Waals surface area contributed by atoms with Crippen molar-refractivity contribution >= 4 is 0 Å². The Balaban J connectivity index is 2.01. The van der Waals surface area contributed by atoms with Crippen molar-refractivity contribution in [2.45, 2.75) is 38.6 Å². The maximum Gasteiger partial charge on any atom is 0.143 e. The smallest absolute Gasteiger partial charge is 0.143 e. The molecule has 4 nitrogen and oxygen atoms in total. The van der Waals surface area contributed by atoms with Crippen LogP contribution in [-0.2, 0) is 18.4 Å². The number of aliphatic hydroxyl groups is 1. The van der Waals surface area contributed by atoms with Gasteiger partial charge in [0.05, 0.1) is 0 Å². The molecule has 0 saturated carbocycles. The fraction of sp³-hybridized carbons (Fsp3) is 0.500. The average molecular weight is 271 g/mol. The van der Waals surface area contributed by atoms with Crippen LogP contribution in [0, 0.1) is 5.92 Å². The topological polar surface area (TPSA) is 50.9 Å². The van der Waals surface area contributed by atoms with Gasteiger partial charge in [0, 0.05) is 30.9 Å². The summed E-state index contributed by atoms with van der Waals surface area (Å²) in [6.45, 7) is 5.43. The van der Waals surface area contributed by atoms with E-state index in [0.717, 1.165) is 31.0 Å². The molecule has 0 fully saturated rings. The highest BCUT2D eigenvalue weighted by molar-refractivity contribution is 5.31. The highest BCUT2D eigenvalue weighted by Gasteiger charge is 2.32. The zero-order chi connectivity index (χ0) is 14.2. The van der Waals surface area contributed by atoms with Gasteiger partial charge < -0.3 is 9.67 Å². The van der Waals surface area contributed by atoms with Crippen molar-refractivity contribution in [1.82, 2.24) is 14.8 Å². The third kappa shape index (κ3) is 2.14. The van der Waals surface area contributed by atoms with E-state index in [1.807, 2.05) is 6.07 Å². The average Bonchev–Trinajstić information content (AvgIpc) is 2.91. The van der Waals surface area contributed by atoms with Gasteiger partial charge in [-0.2, -0.15) is 0 Å². The molecule has 2 aromatic rings. The fourth-order valence-electron chi connectivity index (χ4n) is 2.99. The molecule has 2 heterocycles. The largest absolute Gasteiger partial charge is 0.396 e. The Bertz CT molecular complexity index is 589. The van der Waals surface area contributed by atoms with E-state index in [9.17, 15) is 5.11 Å². The lowest BCUT2D eigenvalue weighted by Crippen LogP contribution is -2.30. The molecule has 0 saturated heterocycles. The molecule has 1 aliphatic heterocycles. The van der Waals surface area contributed by atoms with Gasteiger partial charge in [0.2, 0.25) is 0 Å². The predicted octanol–water partition coefficient (Wildman–Crippen LogP) is 2.16. The van der Waals surface area contributed by atoms with Gasteiger partial charge in [0.15, 0.2) is 0 Å². The first-order chi connectivity index (χ1) is 9.63. The monoisotopic (exact) mass is 271 g/mol. The summed E-state index contributed by atoms with van der Waals surface area (Å²) in [4.78, 5) is 0. The highest BCUT2D eigenvalue weighted by atomic mass is 16.3. The normalized spacial score (nSPS) is 18.9. The minimum absolute atomic E-state index is 0.177. The van der Waals surface area contributed by atoms with Gasteiger partial charge in [-0.1, -0.05) is 30.3 Å². The summed E-state index contributed by atoms with van der Waals surface area (Å²) in [6, 6.07) is 10.4. The molecule has 0 radical (unpaired) electrons. The quantitative estimate of drug-likeness (QED) is 0.930. The third-order valence-electron chi connectivity index (χ3n) is 4.36. The van der Waals surface area contributed by atoms with Gasteiger partial charge in [0.1, 0.15) is 11.6 Å². The lowest BCUT2D eigenvalue weighted by Gasteiger charge is -2.29. The van der Waals surface area contributed by atoms with Crippen molar-refractivity contribution in [1.29, 1.82) is 0 Å². The predicted molar refractivity (Wildman–Crippen MR) is 77.5 cm³/mol. The Morgan fingerprint density at radius 3 is 2.70 bits per heavy atom. The van der Waals surface area contributed by atoms with Gasteiger partial charge in [-0.25, -0.2) is 0 Å². The van der Waals surface area contributed by atoms with E-state index in [1.54, 1.807) is 0 Å². The summed E-state index contributed by atoms with van der Waals surface area (Å²) in [5.41, 5.74) is 1.06. The second-order valence-electron chi connectivity index (χ2n) is 6.13. The maximum absolute atomic E-state index is 9.41. The summed E-state index contributed by atoms with van der Waals surface area (Å²) in [7, 11) is 0. The van der Waals surface area contributed by atoms with Crippen LogP contribution >= 0.6 is 0 Å². The molecular weight excluding hydrogens is 250 g/mol. The van der Waals surface area contributed by atoms with Crippen molar-refractivity contribution in [3.05, 3.63) is 47.5 Å². The molecule has 0 amide bonds. The first kappa shape index (κ1) is 13.3. The van der Waals surface area contributed by atoms with Crippen LogP contribution < -0.4 is 0 Å². The molecule has 106 valence electrons. The Morgan fingerprint density at radius 2 is 2.00 bits per heavy atom. The molecule has 3 rings (SSSR count). The Morgan fingerprint density at radius 1 is 1.25 bits per heavy atom. The van der Waals surface area contributed by atoms with Crippen LogP contribution in [0.15, 0.2) is 30.3 Å². The van der Waals surface area contributed by atoms with Gasteiger partial charge in [-0.15, -0.1) is 10.2 Å². The molecule has 1 aromatic heterocycles. The molecule has 4 heteroatoms. The lowest BCUT2D eigenvalue weighted by atomic mass is 9.83. The van der Waals surface area contributed by atoms with E-state index in [0.29, 0.717) is 5.92 Å². The highest BCUT2D eigenvalue weighted by Crippen LogP contribution is 2.32. The van der Waals surface area contributed by atoms with Gasteiger partial charge >= 0.3 is 0 Å². The number of nitrogens with zero attached hydrogens (tertiary/aromatic N) is 3. The van der Waals surface area contributed by atoms with Crippen LogP contribution in [0.1, 0.15) is 37.5 Å². The summed E-state index contributed by atoms with van der Waals surface area (Å²) in [6.07, 6.45) is 1.91. The molecule has 1 atom stereocenters. The zero-order valence-electron chi connectivity index (χ0n) is 12.1. The Hall–Kier alpha value is -1.68. The number of fused-ring (bicyclic) bond motifs is 1. The van der Waals surface area contributed by atoms with Crippen molar-refractivity contribution in [2.75, 3.05) is 6.61 Å². The Labute approximate surface area is 119 Å². The molecule has 1 unspecified atom stereocenters. The molecule has 1 N–H and O–H groups in total. The van der Waals surface area contributed by atoms with Crippen LogP contribution in [0.3, 0.4) is 0 Å². The third-order valence-corrected chi connectivity index (χ3v) is 4.36. The van der Waals surface area contributed by atoms with Gasteiger partial charge in [-0.3, -0.25) is 0 Å². The second kappa shape index (κ2) is 5.02. The van der Waals surface area contributed by atoms with Crippen LogP contribution in [0.2, 0.25) is 0 Å². The minimum atomic E-state index is -0.177. The molecule has 0 bridgehead atoms. The van der Waals surface area contributed by atoms with Crippen LogP contribution in [-0.4, -0.2) is 26.5 Å². The van der Waals surface area contributed by atoms with Gasteiger partial charge in [-0.05, 0) is 25.8 Å². The van der Waals surface area contributed by atoms with Crippen molar-refractivity contribution in [3.63, 3.8) is 0 Å². The number of aromatic nitrogens is 3. The van der Waals surface area contributed by atoms with E-state index in [1.165, 1.54) is 5.56 Å². The molecule has 1 aliphatic rings. The fourth-order valence-corrected chi connectivity index (χ4v) is 2.99. The molecule has 0 spiro atoms. The lowest BCUT2D eigenvalue weighted by molar-refractivity contribution is 0.188. The van der Waals surface area contributed by atoms with Crippen molar-refractivity contribution < 1.29 is 5.11 Å². The first-order valence-electron chi connectivity index (χ1n) is 7.22. The van der Waals surface area contributed by atoms with Crippen molar-refractivity contribution in [2.24, 2.45) is 5.92 Å². The number of benzene rings is 1. The molecule has 1 aromatic carbocycles. The number of hydrogen-bond donors (Lipinski definition) is 1. The van der Waals surface area contributed by atoms with Crippen LogP contribution in [0.5, 0.6) is 0 Å². The van der Waals surface area contributed by atoms with Gasteiger partial charge in [0.25, 0.3) is 0 Å². The van der Waals surface area contributed by atoms with E-state index in [4.69, 9.17) is 0 Å². The van der Waals surface area contributed by atoms with Crippen molar-refractivity contribution in [3.8, 4) is 0 Å². The SMILES string of the molecule is CC(C)(c1ccccc1)c1nnc2n1CC(CO)CC2. The number of aliphatic hydroxyl groups excluding tert-OH is 1. The zero-order valence-corrected chi connectivity index (χ0v) is 12.1. The van der Waals surface area contributed by atoms with E-state index >= 15 is 0 Å². The summed E-state index contributed by atoms with van der Waals surface area (Å²) < 4.78 is 2.21. The summed E-state index contributed by atoms with van der Waals surface area (Å²) in [5.74, 6) is 2.37. The van der Waals surface area contributed by atoms with E-state index in [-0.39, 0.29) is 12.0 Å². The Kier molecular flexibility index (Phi) is 3.34. The second-order valence-corrected chi connectivity index (χ2v) is 6.13. The molecular formula is C16H21N3O. The van der Waals surface area contributed by atoms with E-state index < -0.39 is 0 Å². The number of rotatable bonds is 3. The first-order valence-corrected chi connectivity index (χ1v) is 7.22. The standard InChI is InChI=1S/C16H21N3O/c1-16(2,13-6-4-3-5-7-13)15-18-17-14-9-8-12(11-20)10-19(14)15/h3-7,12,20H,8-11H2,1-2H3. The summed E-state index contributed by atoms with van der Waals surface area (Å²) in [5, 5.41) is 18.2.